The molecule has 0 bridgehead atoms. The average molecular weight is 196 g/mol. The fourth-order valence-electron chi connectivity index (χ4n) is 3.35. The Bertz CT molecular complexity index is 167. The van der Waals surface area contributed by atoms with Gasteiger partial charge in [0, 0.05) is 0 Å². The second-order valence-electron chi connectivity index (χ2n) is 5.27. The molecule has 14 heavy (non-hydrogen) atoms. The van der Waals surface area contributed by atoms with Crippen molar-refractivity contribution in [1.29, 1.82) is 0 Å². The second kappa shape index (κ2) is 4.19. The number of nitrogens with zero attached hydrogens (tertiary/aromatic N) is 1. The molecule has 1 aliphatic heterocycles. The molecule has 1 heterocycles. The summed E-state index contributed by atoms with van der Waals surface area (Å²) >= 11 is 0. The van der Waals surface area contributed by atoms with E-state index in [1.807, 2.05) is 0 Å². The van der Waals surface area contributed by atoms with Crippen molar-refractivity contribution in [2.75, 3.05) is 33.2 Å². The molecule has 0 unspecified atom stereocenters. The van der Waals surface area contributed by atoms with Gasteiger partial charge in [-0.25, -0.2) is 0 Å². The first kappa shape index (κ1) is 10.4. The topological polar surface area (TPSA) is 15.3 Å². The van der Waals surface area contributed by atoms with Gasteiger partial charge in [-0.1, -0.05) is 6.92 Å². The van der Waals surface area contributed by atoms with E-state index >= 15 is 0 Å². The minimum Gasteiger partial charge on any atom is -0.319 e. The van der Waals surface area contributed by atoms with Crippen LogP contribution < -0.4 is 5.32 Å². The van der Waals surface area contributed by atoms with Crippen LogP contribution in [0, 0.1) is 11.3 Å². The lowest BCUT2D eigenvalue weighted by Gasteiger charge is -2.52. The lowest BCUT2D eigenvalue weighted by molar-refractivity contribution is -0.0104. The zero-order valence-electron chi connectivity index (χ0n) is 9.68. The fraction of sp³-hybridized carbons (Fsp3) is 1.00. The first-order chi connectivity index (χ1) is 6.78. The summed E-state index contributed by atoms with van der Waals surface area (Å²) in [6.45, 7) is 7.46. The third-order valence-corrected chi connectivity index (χ3v) is 4.30. The normalized spacial score (nSPS) is 27.9. The van der Waals surface area contributed by atoms with Crippen LogP contribution in [0.5, 0.6) is 0 Å². The van der Waals surface area contributed by atoms with E-state index in [2.05, 4.69) is 24.2 Å². The Balaban J connectivity index is 1.74. The molecule has 0 radical (unpaired) electrons. The maximum atomic E-state index is 3.30. The summed E-state index contributed by atoms with van der Waals surface area (Å²) < 4.78 is 0. The second-order valence-corrected chi connectivity index (χ2v) is 5.27. The predicted molar refractivity (Wildman–Crippen MR) is 60.4 cm³/mol. The highest BCUT2D eigenvalue weighted by atomic mass is 15.1. The molecule has 0 atom stereocenters. The molecule has 1 spiro atoms. The summed E-state index contributed by atoms with van der Waals surface area (Å²) in [5.74, 6) is 0.980. The van der Waals surface area contributed by atoms with Crippen LogP contribution >= 0.6 is 0 Å². The Morgan fingerprint density at radius 1 is 1.29 bits per heavy atom. The maximum absolute atomic E-state index is 3.30. The molecule has 0 aromatic heterocycles. The summed E-state index contributed by atoms with van der Waals surface area (Å²) in [4.78, 5) is 2.59. The van der Waals surface area contributed by atoms with Gasteiger partial charge in [-0.05, 0) is 70.2 Å². The van der Waals surface area contributed by atoms with E-state index in [1.165, 1.54) is 51.9 Å². The predicted octanol–water partition coefficient (Wildman–Crippen LogP) is 1.72. The maximum Gasteiger partial charge on any atom is -0.00135 e. The summed E-state index contributed by atoms with van der Waals surface area (Å²) in [7, 11) is 2.07. The summed E-state index contributed by atoms with van der Waals surface area (Å²) in [6.07, 6.45) is 5.90. The van der Waals surface area contributed by atoms with Crippen molar-refractivity contribution in [2.45, 2.75) is 32.6 Å². The van der Waals surface area contributed by atoms with Gasteiger partial charge in [0.1, 0.15) is 0 Å². The molecular formula is C12H24N2. The molecule has 0 aromatic carbocycles. The molecule has 1 saturated heterocycles. The van der Waals surface area contributed by atoms with Crippen molar-refractivity contribution in [3.05, 3.63) is 0 Å². The van der Waals surface area contributed by atoms with Crippen LogP contribution in [0.1, 0.15) is 32.6 Å². The molecular weight excluding hydrogens is 172 g/mol. The van der Waals surface area contributed by atoms with Crippen molar-refractivity contribution >= 4 is 0 Å². The van der Waals surface area contributed by atoms with Crippen molar-refractivity contribution in [3.63, 3.8) is 0 Å². The van der Waals surface area contributed by atoms with Gasteiger partial charge >= 0.3 is 0 Å². The monoisotopic (exact) mass is 196 g/mol. The Morgan fingerprint density at radius 2 is 1.93 bits per heavy atom. The zero-order valence-corrected chi connectivity index (χ0v) is 9.68. The van der Waals surface area contributed by atoms with Gasteiger partial charge in [0.25, 0.3) is 0 Å². The highest BCUT2D eigenvalue weighted by Gasteiger charge is 2.44. The Kier molecular flexibility index (Phi) is 3.13. The van der Waals surface area contributed by atoms with Gasteiger partial charge in [0.15, 0.2) is 0 Å². The molecule has 2 aliphatic rings. The molecule has 2 heteroatoms. The first-order valence-electron chi connectivity index (χ1n) is 6.15. The third-order valence-electron chi connectivity index (χ3n) is 4.30. The van der Waals surface area contributed by atoms with Crippen molar-refractivity contribution in [2.24, 2.45) is 11.3 Å². The minimum absolute atomic E-state index is 0.771. The van der Waals surface area contributed by atoms with E-state index < -0.39 is 0 Å². The van der Waals surface area contributed by atoms with Crippen LogP contribution in [-0.2, 0) is 0 Å². The molecule has 1 saturated carbocycles. The molecule has 1 N–H and O–H groups in total. The number of nitrogens with one attached hydrogen (secondary N) is 1. The number of hydrogen-bond acceptors (Lipinski definition) is 2. The van der Waals surface area contributed by atoms with Crippen LogP contribution in [0.4, 0.5) is 0 Å². The van der Waals surface area contributed by atoms with Crippen LogP contribution in [0.3, 0.4) is 0 Å². The number of piperidine rings is 1. The van der Waals surface area contributed by atoms with Gasteiger partial charge in [-0.2, -0.15) is 0 Å². The number of rotatable bonds is 3. The lowest BCUT2D eigenvalue weighted by atomic mass is 9.57. The molecule has 82 valence electrons. The number of hydrogen-bond donors (Lipinski definition) is 1. The summed E-state index contributed by atoms with van der Waals surface area (Å²) in [5, 5.41) is 3.30. The van der Waals surface area contributed by atoms with Gasteiger partial charge < -0.3 is 10.2 Å². The van der Waals surface area contributed by atoms with Crippen molar-refractivity contribution in [1.82, 2.24) is 10.2 Å². The van der Waals surface area contributed by atoms with Crippen LogP contribution in [0.15, 0.2) is 0 Å². The van der Waals surface area contributed by atoms with Gasteiger partial charge in [0.05, 0.1) is 0 Å². The highest BCUT2D eigenvalue weighted by Crippen LogP contribution is 2.52. The zero-order chi connectivity index (χ0) is 10.0. The Morgan fingerprint density at radius 3 is 2.43 bits per heavy atom. The smallest absolute Gasteiger partial charge is 0.00135 e. The molecule has 2 nitrogen and oxygen atoms in total. The molecule has 0 aromatic rings. The van der Waals surface area contributed by atoms with E-state index in [9.17, 15) is 0 Å². The number of likely N-dealkylation sites (tertiary alicyclic amines) is 1. The third kappa shape index (κ3) is 1.96. The molecule has 0 amide bonds. The fourth-order valence-corrected chi connectivity index (χ4v) is 3.35. The minimum atomic E-state index is 0.771. The van der Waals surface area contributed by atoms with Crippen molar-refractivity contribution < 1.29 is 0 Å². The van der Waals surface area contributed by atoms with Crippen LogP contribution in [-0.4, -0.2) is 38.1 Å². The largest absolute Gasteiger partial charge is 0.319 e. The van der Waals surface area contributed by atoms with E-state index in [0.717, 1.165) is 11.3 Å². The van der Waals surface area contributed by atoms with Crippen molar-refractivity contribution in [3.8, 4) is 0 Å². The van der Waals surface area contributed by atoms with E-state index in [0.29, 0.717) is 0 Å². The van der Waals surface area contributed by atoms with Crippen LogP contribution in [0.2, 0.25) is 0 Å². The Hall–Kier alpha value is -0.0800. The lowest BCUT2D eigenvalue weighted by Crippen LogP contribution is -2.48. The Labute approximate surface area is 88.1 Å². The van der Waals surface area contributed by atoms with Gasteiger partial charge in [0.2, 0.25) is 0 Å². The SMILES string of the molecule is CCN1CCC2(CC1)CC(CNC)C2. The molecule has 2 fully saturated rings. The highest BCUT2D eigenvalue weighted by molar-refractivity contribution is 4.97. The van der Waals surface area contributed by atoms with E-state index in [1.54, 1.807) is 0 Å². The van der Waals surface area contributed by atoms with E-state index in [4.69, 9.17) is 0 Å². The molecule has 2 rings (SSSR count). The average Bonchev–Trinajstić information content (AvgIpc) is 2.17. The molecule has 1 aliphatic carbocycles. The van der Waals surface area contributed by atoms with Gasteiger partial charge in [-0.15, -0.1) is 0 Å². The standard InChI is InChI=1S/C12H24N2/c1-3-14-6-4-12(5-7-14)8-11(9-12)10-13-2/h11,13H,3-10H2,1-2H3. The quantitative estimate of drug-likeness (QED) is 0.739. The van der Waals surface area contributed by atoms with Gasteiger partial charge in [-0.3, -0.25) is 0 Å². The van der Waals surface area contributed by atoms with Crippen LogP contribution in [0.25, 0.3) is 0 Å². The summed E-state index contributed by atoms with van der Waals surface area (Å²) in [6, 6.07) is 0. The first-order valence-corrected chi connectivity index (χ1v) is 6.15. The summed E-state index contributed by atoms with van der Waals surface area (Å²) in [5.41, 5.74) is 0.771. The van der Waals surface area contributed by atoms with E-state index in [-0.39, 0.29) is 0 Å².